The van der Waals surface area contributed by atoms with Crippen LogP contribution < -0.4 is 5.32 Å². The molecule has 1 aromatic heterocycles. The third-order valence-electron chi connectivity index (χ3n) is 3.38. The minimum atomic E-state index is -0.603. The Morgan fingerprint density at radius 2 is 2.15 bits per heavy atom. The first kappa shape index (κ1) is 15.3. The second-order valence-electron chi connectivity index (χ2n) is 4.82. The van der Waals surface area contributed by atoms with Crippen molar-refractivity contribution in [3.63, 3.8) is 0 Å². The van der Waals surface area contributed by atoms with Crippen LogP contribution in [0.4, 0.5) is 0 Å². The number of nitrogens with zero attached hydrogens (tertiary/aromatic N) is 2. The summed E-state index contributed by atoms with van der Waals surface area (Å²) in [6, 6.07) is 1.79. The highest BCUT2D eigenvalue weighted by molar-refractivity contribution is 7.99. The minimum Gasteiger partial charge on any atom is -0.465 e. The van der Waals surface area contributed by atoms with Crippen LogP contribution in [0.1, 0.15) is 26.7 Å². The van der Waals surface area contributed by atoms with E-state index in [4.69, 9.17) is 4.74 Å². The normalized spacial score (nSPS) is 17.5. The van der Waals surface area contributed by atoms with Crippen LogP contribution in [0, 0.1) is 5.92 Å². The number of hydrogen-bond donors (Lipinski definition) is 1. The fourth-order valence-electron chi connectivity index (χ4n) is 2.30. The molecular weight excluding hydrogens is 274 g/mol. The lowest BCUT2D eigenvalue weighted by molar-refractivity contribution is -0.151. The molecule has 1 aromatic rings. The highest BCUT2D eigenvalue weighted by Gasteiger charge is 2.51. The van der Waals surface area contributed by atoms with Crippen molar-refractivity contribution in [1.82, 2.24) is 15.3 Å². The Kier molecular flexibility index (Phi) is 5.37. The largest absolute Gasteiger partial charge is 0.465 e. The molecule has 0 aliphatic heterocycles. The van der Waals surface area contributed by atoms with Crippen LogP contribution in [0.5, 0.6) is 0 Å². The van der Waals surface area contributed by atoms with E-state index in [0.717, 1.165) is 19.4 Å². The van der Waals surface area contributed by atoms with Crippen LogP contribution >= 0.6 is 11.8 Å². The van der Waals surface area contributed by atoms with Gasteiger partial charge in [-0.2, -0.15) is 0 Å². The molecule has 1 atom stereocenters. The summed E-state index contributed by atoms with van der Waals surface area (Å²) in [6.07, 6.45) is 5.57. The summed E-state index contributed by atoms with van der Waals surface area (Å²) in [5.74, 6) is 0.819. The predicted octanol–water partition coefficient (Wildman–Crippen LogP) is 1.89. The Labute approximate surface area is 123 Å². The lowest BCUT2D eigenvalue weighted by atomic mass is 9.95. The molecule has 1 N–H and O–H groups in total. The maximum Gasteiger partial charge on any atom is 0.327 e. The summed E-state index contributed by atoms with van der Waals surface area (Å²) < 4.78 is 5.29. The van der Waals surface area contributed by atoms with E-state index in [1.807, 2.05) is 13.8 Å². The monoisotopic (exact) mass is 295 g/mol. The van der Waals surface area contributed by atoms with Crippen molar-refractivity contribution in [3.8, 4) is 0 Å². The van der Waals surface area contributed by atoms with Crippen LogP contribution in [-0.2, 0) is 9.53 Å². The van der Waals surface area contributed by atoms with Gasteiger partial charge in [0.05, 0.1) is 6.61 Å². The van der Waals surface area contributed by atoms with E-state index >= 15 is 0 Å². The number of ether oxygens (including phenoxy) is 1. The third-order valence-corrected chi connectivity index (χ3v) is 4.45. The molecule has 2 rings (SSSR count). The van der Waals surface area contributed by atoms with Crippen LogP contribution in [0.15, 0.2) is 23.6 Å². The van der Waals surface area contributed by atoms with Crippen molar-refractivity contribution >= 4 is 17.7 Å². The first-order chi connectivity index (χ1) is 9.73. The number of carbonyl (C=O) groups excluding carboxylic acids is 1. The SMILES string of the molecule is CCNC(CSc1ncccn1)(C(=O)OCC)C1CC1. The van der Waals surface area contributed by atoms with Gasteiger partial charge in [0.25, 0.3) is 0 Å². The summed E-state index contributed by atoms with van der Waals surface area (Å²) in [4.78, 5) is 20.8. The second kappa shape index (κ2) is 7.04. The van der Waals surface area contributed by atoms with Gasteiger partial charge in [0.2, 0.25) is 0 Å². The average molecular weight is 295 g/mol. The van der Waals surface area contributed by atoms with Crippen molar-refractivity contribution in [2.24, 2.45) is 5.92 Å². The molecule has 0 amide bonds. The highest BCUT2D eigenvalue weighted by atomic mass is 32.2. The van der Waals surface area contributed by atoms with Crippen molar-refractivity contribution in [3.05, 3.63) is 18.5 Å². The number of carbonyl (C=O) groups is 1. The molecule has 6 heteroatoms. The van der Waals surface area contributed by atoms with E-state index < -0.39 is 5.54 Å². The van der Waals surface area contributed by atoms with Gasteiger partial charge < -0.3 is 10.1 Å². The Morgan fingerprint density at radius 1 is 1.45 bits per heavy atom. The van der Waals surface area contributed by atoms with E-state index in [0.29, 0.717) is 23.4 Å². The Morgan fingerprint density at radius 3 is 2.70 bits per heavy atom. The summed E-state index contributed by atoms with van der Waals surface area (Å²) >= 11 is 1.50. The average Bonchev–Trinajstić information content (AvgIpc) is 3.30. The zero-order chi connectivity index (χ0) is 14.4. The van der Waals surface area contributed by atoms with Gasteiger partial charge in [-0.05, 0) is 38.3 Å². The lowest BCUT2D eigenvalue weighted by Gasteiger charge is -2.31. The number of rotatable bonds is 8. The summed E-state index contributed by atoms with van der Waals surface area (Å²) in [6.45, 7) is 5.01. The molecule has 1 aliphatic carbocycles. The molecule has 1 aliphatic rings. The number of esters is 1. The van der Waals surface area contributed by atoms with Crippen LogP contribution in [0.3, 0.4) is 0 Å². The number of nitrogens with one attached hydrogen (secondary N) is 1. The lowest BCUT2D eigenvalue weighted by Crippen LogP contribution is -2.57. The molecule has 1 unspecified atom stereocenters. The number of aromatic nitrogens is 2. The maximum atomic E-state index is 12.4. The quantitative estimate of drug-likeness (QED) is 0.449. The van der Waals surface area contributed by atoms with Crippen LogP contribution in [0.25, 0.3) is 0 Å². The molecule has 0 aromatic carbocycles. The molecule has 20 heavy (non-hydrogen) atoms. The van der Waals surface area contributed by atoms with E-state index in [9.17, 15) is 4.79 Å². The number of likely N-dealkylation sites (N-methyl/N-ethyl adjacent to an activating group) is 1. The summed E-state index contributed by atoms with van der Waals surface area (Å²) in [5.41, 5.74) is -0.603. The number of hydrogen-bond acceptors (Lipinski definition) is 6. The van der Waals surface area contributed by atoms with Gasteiger partial charge in [0.1, 0.15) is 5.54 Å². The topological polar surface area (TPSA) is 64.1 Å². The Balaban J connectivity index is 2.10. The molecule has 5 nitrogen and oxygen atoms in total. The summed E-state index contributed by atoms with van der Waals surface area (Å²) in [7, 11) is 0. The molecule has 1 fully saturated rings. The van der Waals surface area contributed by atoms with E-state index in [1.54, 1.807) is 18.5 Å². The smallest absolute Gasteiger partial charge is 0.327 e. The predicted molar refractivity (Wildman–Crippen MR) is 78.5 cm³/mol. The van der Waals surface area contributed by atoms with Crippen molar-refractivity contribution in [2.45, 2.75) is 37.4 Å². The van der Waals surface area contributed by atoms with E-state index in [-0.39, 0.29) is 5.97 Å². The van der Waals surface area contributed by atoms with Gasteiger partial charge in [-0.25, -0.2) is 9.97 Å². The zero-order valence-electron chi connectivity index (χ0n) is 12.0. The molecule has 1 heterocycles. The Bertz CT molecular complexity index is 439. The van der Waals surface area contributed by atoms with E-state index in [1.165, 1.54) is 11.8 Å². The second-order valence-corrected chi connectivity index (χ2v) is 5.76. The van der Waals surface area contributed by atoms with E-state index in [2.05, 4.69) is 15.3 Å². The molecule has 1 saturated carbocycles. The molecule has 0 spiro atoms. The zero-order valence-corrected chi connectivity index (χ0v) is 12.8. The number of thioether (sulfide) groups is 1. The van der Waals surface area contributed by atoms with Gasteiger partial charge in [-0.1, -0.05) is 18.7 Å². The molecule has 110 valence electrons. The van der Waals surface area contributed by atoms with Crippen LogP contribution in [-0.4, -0.2) is 40.4 Å². The first-order valence-corrected chi connectivity index (χ1v) is 8.03. The molecule has 0 radical (unpaired) electrons. The van der Waals surface area contributed by atoms with Crippen molar-refractivity contribution in [1.29, 1.82) is 0 Å². The minimum absolute atomic E-state index is 0.146. The molecular formula is C14H21N3O2S. The van der Waals surface area contributed by atoms with Crippen molar-refractivity contribution in [2.75, 3.05) is 18.9 Å². The van der Waals surface area contributed by atoms with Gasteiger partial charge in [-0.3, -0.25) is 4.79 Å². The standard InChI is InChI=1S/C14H21N3O2S/c1-3-17-14(11-6-7-11,12(18)19-4-2)10-20-13-15-8-5-9-16-13/h5,8-9,11,17H,3-4,6-7,10H2,1-2H3. The van der Waals surface area contributed by atoms with Gasteiger partial charge in [0, 0.05) is 18.1 Å². The fourth-order valence-corrected chi connectivity index (χ4v) is 3.38. The summed E-state index contributed by atoms with van der Waals surface area (Å²) in [5, 5.41) is 4.06. The fraction of sp³-hybridized carbons (Fsp3) is 0.643. The molecule has 0 bridgehead atoms. The highest BCUT2D eigenvalue weighted by Crippen LogP contribution is 2.42. The first-order valence-electron chi connectivity index (χ1n) is 7.05. The maximum absolute atomic E-state index is 12.4. The van der Waals surface area contributed by atoms with Gasteiger partial charge in [0.15, 0.2) is 5.16 Å². The van der Waals surface area contributed by atoms with Gasteiger partial charge >= 0.3 is 5.97 Å². The third kappa shape index (κ3) is 3.49. The van der Waals surface area contributed by atoms with Crippen molar-refractivity contribution < 1.29 is 9.53 Å². The Hall–Kier alpha value is -1.14. The van der Waals surface area contributed by atoms with Crippen LogP contribution in [0.2, 0.25) is 0 Å². The van der Waals surface area contributed by atoms with Gasteiger partial charge in [-0.15, -0.1) is 0 Å². The molecule has 0 saturated heterocycles.